The van der Waals surface area contributed by atoms with Crippen molar-refractivity contribution in [2.24, 2.45) is 0 Å². The summed E-state index contributed by atoms with van der Waals surface area (Å²) in [5.74, 6) is -0.0283. The first-order valence-electron chi connectivity index (χ1n) is 9.58. The first kappa shape index (κ1) is 17.7. The first-order valence-corrected chi connectivity index (χ1v) is 9.58. The fourth-order valence-corrected chi connectivity index (χ4v) is 3.75. The van der Waals surface area contributed by atoms with E-state index in [4.69, 9.17) is 4.42 Å². The van der Waals surface area contributed by atoms with Crippen LogP contribution in [0.1, 0.15) is 44.0 Å². The van der Waals surface area contributed by atoms with Gasteiger partial charge in [-0.15, -0.1) is 0 Å². The minimum absolute atomic E-state index is 0.0283. The van der Waals surface area contributed by atoms with E-state index in [0.717, 1.165) is 30.6 Å². The van der Waals surface area contributed by atoms with E-state index in [1.807, 2.05) is 43.1 Å². The summed E-state index contributed by atoms with van der Waals surface area (Å²) in [6, 6.07) is 5.83. The summed E-state index contributed by atoms with van der Waals surface area (Å²) < 4.78 is 7.45. The Morgan fingerprint density at radius 3 is 2.78 bits per heavy atom. The van der Waals surface area contributed by atoms with Gasteiger partial charge in [0, 0.05) is 42.6 Å². The van der Waals surface area contributed by atoms with Crippen LogP contribution in [0.15, 0.2) is 41.3 Å². The Labute approximate surface area is 158 Å². The van der Waals surface area contributed by atoms with E-state index in [2.05, 4.69) is 9.88 Å². The maximum Gasteiger partial charge on any atom is 0.318 e. The molecule has 2 aromatic heterocycles. The molecule has 4 rings (SSSR count). The van der Waals surface area contributed by atoms with Crippen molar-refractivity contribution in [2.75, 3.05) is 13.1 Å². The van der Waals surface area contributed by atoms with Crippen molar-refractivity contribution in [3.05, 3.63) is 48.2 Å². The third-order valence-corrected chi connectivity index (χ3v) is 5.18. The van der Waals surface area contributed by atoms with Crippen LogP contribution in [-0.2, 0) is 11.3 Å². The molecule has 1 aliphatic heterocycles. The second-order valence-electron chi connectivity index (χ2n) is 7.64. The standard InChI is InChI=1S/C20H26N4O3/c1-14(2)21-20(26)24(16-5-6-16)12-18(25)23-10-9-22-8-3-4-17(22)19(23)15-7-11-27-13-15/h3-4,7-8,11,13-14,16,19H,5-6,9-10,12H2,1-2H3,(H,21,26)/t19-/m1/s1. The topological polar surface area (TPSA) is 70.7 Å². The molecule has 7 nitrogen and oxygen atoms in total. The third-order valence-electron chi connectivity index (χ3n) is 5.18. The van der Waals surface area contributed by atoms with E-state index < -0.39 is 0 Å². The van der Waals surface area contributed by atoms with Gasteiger partial charge in [0.05, 0.1) is 12.5 Å². The average Bonchev–Trinajstić information content (AvgIpc) is 3.12. The van der Waals surface area contributed by atoms with Gasteiger partial charge in [-0.25, -0.2) is 4.79 Å². The van der Waals surface area contributed by atoms with Crippen LogP contribution in [0.25, 0.3) is 0 Å². The van der Waals surface area contributed by atoms with Crippen molar-refractivity contribution in [1.29, 1.82) is 0 Å². The maximum atomic E-state index is 13.2. The number of urea groups is 1. The Kier molecular flexibility index (Phi) is 4.68. The van der Waals surface area contributed by atoms with Crippen LogP contribution in [0.3, 0.4) is 0 Å². The van der Waals surface area contributed by atoms with Crippen molar-refractivity contribution >= 4 is 11.9 Å². The third kappa shape index (κ3) is 3.59. The number of nitrogens with zero attached hydrogens (tertiary/aromatic N) is 3. The summed E-state index contributed by atoms with van der Waals surface area (Å²) in [6.45, 7) is 5.33. The number of rotatable bonds is 5. The minimum atomic E-state index is -0.186. The van der Waals surface area contributed by atoms with Crippen molar-refractivity contribution in [1.82, 2.24) is 19.7 Å². The molecule has 3 heterocycles. The second-order valence-corrected chi connectivity index (χ2v) is 7.64. The summed E-state index contributed by atoms with van der Waals surface area (Å²) in [4.78, 5) is 29.3. The van der Waals surface area contributed by atoms with Gasteiger partial charge in [-0.2, -0.15) is 0 Å². The minimum Gasteiger partial charge on any atom is -0.472 e. The second kappa shape index (κ2) is 7.13. The molecule has 1 saturated carbocycles. The maximum absolute atomic E-state index is 13.2. The van der Waals surface area contributed by atoms with Gasteiger partial charge in [0.15, 0.2) is 0 Å². The lowest BCUT2D eigenvalue weighted by atomic mass is 10.0. The van der Waals surface area contributed by atoms with Gasteiger partial charge in [-0.05, 0) is 44.9 Å². The zero-order chi connectivity index (χ0) is 19.0. The number of fused-ring (bicyclic) bond motifs is 1. The number of hydrogen-bond donors (Lipinski definition) is 1. The van der Waals surface area contributed by atoms with Crippen LogP contribution in [-0.4, -0.2) is 51.5 Å². The van der Waals surface area contributed by atoms with Gasteiger partial charge in [0.25, 0.3) is 0 Å². The van der Waals surface area contributed by atoms with E-state index in [0.29, 0.717) is 6.54 Å². The summed E-state index contributed by atoms with van der Waals surface area (Å²) in [5, 5.41) is 2.92. The van der Waals surface area contributed by atoms with Gasteiger partial charge < -0.3 is 24.1 Å². The summed E-state index contributed by atoms with van der Waals surface area (Å²) in [6.07, 6.45) is 7.29. The summed E-state index contributed by atoms with van der Waals surface area (Å²) >= 11 is 0. The van der Waals surface area contributed by atoms with Crippen LogP contribution in [0.2, 0.25) is 0 Å². The fraction of sp³-hybridized carbons (Fsp3) is 0.500. The fourth-order valence-electron chi connectivity index (χ4n) is 3.75. The van der Waals surface area contributed by atoms with Gasteiger partial charge in [-0.3, -0.25) is 4.79 Å². The number of carbonyl (C=O) groups is 2. The van der Waals surface area contributed by atoms with Crippen molar-refractivity contribution < 1.29 is 14.0 Å². The summed E-state index contributed by atoms with van der Waals surface area (Å²) in [5.41, 5.74) is 2.02. The predicted octanol–water partition coefficient (Wildman–Crippen LogP) is 2.60. The molecule has 0 unspecified atom stereocenters. The quantitative estimate of drug-likeness (QED) is 0.879. The molecular weight excluding hydrogens is 344 g/mol. The Bertz CT molecular complexity index is 807. The lowest BCUT2D eigenvalue weighted by Gasteiger charge is -2.38. The van der Waals surface area contributed by atoms with E-state index >= 15 is 0 Å². The van der Waals surface area contributed by atoms with Crippen molar-refractivity contribution in [3.8, 4) is 0 Å². The Morgan fingerprint density at radius 2 is 2.11 bits per heavy atom. The molecule has 2 aliphatic rings. The lowest BCUT2D eigenvalue weighted by Crippen LogP contribution is -2.51. The molecule has 1 N–H and O–H groups in total. The molecule has 3 amide bonds. The van der Waals surface area contributed by atoms with E-state index in [-0.39, 0.29) is 36.6 Å². The van der Waals surface area contributed by atoms with Crippen LogP contribution < -0.4 is 5.32 Å². The largest absolute Gasteiger partial charge is 0.472 e. The highest BCUT2D eigenvalue weighted by Gasteiger charge is 2.38. The molecule has 144 valence electrons. The van der Waals surface area contributed by atoms with Gasteiger partial charge in [-0.1, -0.05) is 0 Å². The van der Waals surface area contributed by atoms with Crippen molar-refractivity contribution in [2.45, 2.75) is 51.4 Å². The number of furan rings is 1. The highest BCUT2D eigenvalue weighted by atomic mass is 16.3. The average molecular weight is 370 g/mol. The lowest BCUT2D eigenvalue weighted by molar-refractivity contribution is -0.134. The number of hydrogen-bond acceptors (Lipinski definition) is 3. The Hall–Kier alpha value is -2.70. The molecular formula is C20H26N4O3. The zero-order valence-electron chi connectivity index (χ0n) is 15.8. The monoisotopic (exact) mass is 370 g/mol. The van der Waals surface area contributed by atoms with E-state index in [9.17, 15) is 9.59 Å². The van der Waals surface area contributed by atoms with Gasteiger partial charge in [0.2, 0.25) is 5.91 Å². The molecule has 0 radical (unpaired) electrons. The molecule has 7 heteroatoms. The molecule has 0 aromatic carbocycles. The smallest absolute Gasteiger partial charge is 0.318 e. The Morgan fingerprint density at radius 1 is 1.30 bits per heavy atom. The molecule has 0 saturated heterocycles. The molecule has 27 heavy (non-hydrogen) atoms. The SMILES string of the molecule is CC(C)NC(=O)N(CC(=O)N1CCn2cccc2[C@H]1c1ccoc1)C1CC1. The molecule has 0 bridgehead atoms. The number of nitrogens with one attached hydrogen (secondary N) is 1. The summed E-state index contributed by atoms with van der Waals surface area (Å²) in [7, 11) is 0. The van der Waals surface area contributed by atoms with Gasteiger partial charge >= 0.3 is 6.03 Å². The molecule has 2 aromatic rings. The molecule has 1 fully saturated rings. The van der Waals surface area contributed by atoms with Crippen LogP contribution >= 0.6 is 0 Å². The number of aromatic nitrogens is 1. The predicted molar refractivity (Wildman–Crippen MR) is 100 cm³/mol. The number of amides is 3. The highest BCUT2D eigenvalue weighted by molar-refractivity contribution is 5.85. The van der Waals surface area contributed by atoms with Crippen LogP contribution in [0, 0.1) is 0 Å². The van der Waals surface area contributed by atoms with E-state index in [1.54, 1.807) is 17.4 Å². The highest BCUT2D eigenvalue weighted by Crippen LogP contribution is 2.33. The van der Waals surface area contributed by atoms with E-state index in [1.165, 1.54) is 0 Å². The Balaban J connectivity index is 1.56. The number of carbonyl (C=O) groups excluding carboxylic acids is 2. The van der Waals surface area contributed by atoms with Crippen LogP contribution in [0.4, 0.5) is 4.79 Å². The first-order chi connectivity index (χ1) is 13.0. The van der Waals surface area contributed by atoms with Crippen LogP contribution in [0.5, 0.6) is 0 Å². The van der Waals surface area contributed by atoms with Crippen molar-refractivity contribution in [3.63, 3.8) is 0 Å². The molecule has 0 spiro atoms. The normalized spacial score (nSPS) is 19.1. The molecule has 1 atom stereocenters. The van der Waals surface area contributed by atoms with Gasteiger partial charge in [0.1, 0.15) is 12.6 Å². The molecule has 1 aliphatic carbocycles. The zero-order valence-corrected chi connectivity index (χ0v) is 15.8.